The third kappa shape index (κ3) is 5.10. The molecule has 0 heterocycles. The standard InChI is InChI=1S/C30H16F8O/c1-3-15-6-5-7-18(13-12-15)39-30-28(37)26(35)21(27(36)29(30)38)20-24(33)22(31)19(23(32)25(20)34)14-17-10-8-16(4-2)9-11-17/h1,4,6-13H,2,5,14H2. The zero-order valence-corrected chi connectivity index (χ0v) is 19.8. The van der Waals surface area contributed by atoms with Gasteiger partial charge >= 0.3 is 0 Å². The van der Waals surface area contributed by atoms with Crippen molar-refractivity contribution in [2.45, 2.75) is 12.8 Å². The Kier molecular flexibility index (Phi) is 7.77. The fourth-order valence-corrected chi connectivity index (χ4v) is 3.86. The van der Waals surface area contributed by atoms with Crippen LogP contribution in [0.2, 0.25) is 0 Å². The molecule has 0 bridgehead atoms. The fourth-order valence-electron chi connectivity index (χ4n) is 3.86. The molecule has 0 saturated carbocycles. The van der Waals surface area contributed by atoms with E-state index in [-0.39, 0.29) is 17.7 Å². The van der Waals surface area contributed by atoms with E-state index in [1.54, 1.807) is 6.08 Å². The van der Waals surface area contributed by atoms with Crippen LogP contribution in [-0.2, 0) is 6.42 Å². The van der Waals surface area contributed by atoms with Gasteiger partial charge in [0.15, 0.2) is 34.9 Å². The molecule has 0 fully saturated rings. The van der Waals surface area contributed by atoms with Crippen LogP contribution in [0.15, 0.2) is 66.5 Å². The van der Waals surface area contributed by atoms with E-state index in [0.29, 0.717) is 11.1 Å². The van der Waals surface area contributed by atoms with Gasteiger partial charge in [-0.05, 0) is 35.8 Å². The van der Waals surface area contributed by atoms with E-state index in [4.69, 9.17) is 11.2 Å². The van der Waals surface area contributed by atoms with Crippen LogP contribution in [0.5, 0.6) is 5.75 Å². The van der Waals surface area contributed by atoms with Crippen molar-refractivity contribution in [3.63, 3.8) is 0 Å². The van der Waals surface area contributed by atoms with Crippen molar-refractivity contribution < 1.29 is 39.9 Å². The van der Waals surface area contributed by atoms with Gasteiger partial charge in [-0.2, -0.15) is 8.78 Å². The first-order valence-electron chi connectivity index (χ1n) is 11.2. The van der Waals surface area contributed by atoms with Gasteiger partial charge in [-0.1, -0.05) is 48.9 Å². The molecule has 39 heavy (non-hydrogen) atoms. The minimum absolute atomic E-state index is 0.147. The van der Waals surface area contributed by atoms with Crippen molar-refractivity contribution in [1.29, 1.82) is 0 Å². The van der Waals surface area contributed by atoms with Crippen LogP contribution in [-0.4, -0.2) is 0 Å². The first-order chi connectivity index (χ1) is 18.6. The molecule has 0 N–H and O–H groups in total. The molecule has 0 saturated heterocycles. The maximum atomic E-state index is 15.0. The Morgan fingerprint density at radius 2 is 1.28 bits per heavy atom. The average molecular weight is 544 g/mol. The molecule has 1 aliphatic carbocycles. The molecule has 0 amide bonds. The van der Waals surface area contributed by atoms with Gasteiger partial charge in [-0.25, -0.2) is 26.3 Å². The van der Waals surface area contributed by atoms with Gasteiger partial charge in [0, 0.05) is 17.6 Å². The van der Waals surface area contributed by atoms with Gasteiger partial charge in [0.25, 0.3) is 0 Å². The first kappa shape index (κ1) is 27.5. The summed E-state index contributed by atoms with van der Waals surface area (Å²) in [7, 11) is 0. The molecular formula is C30H16F8O. The predicted molar refractivity (Wildman–Crippen MR) is 130 cm³/mol. The van der Waals surface area contributed by atoms with E-state index in [9.17, 15) is 35.1 Å². The molecule has 1 aliphatic rings. The highest BCUT2D eigenvalue weighted by Gasteiger charge is 2.35. The number of benzene rings is 3. The van der Waals surface area contributed by atoms with Gasteiger partial charge in [0.1, 0.15) is 5.76 Å². The Balaban J connectivity index is 1.79. The van der Waals surface area contributed by atoms with E-state index < -0.39 is 75.4 Å². The van der Waals surface area contributed by atoms with E-state index in [0.717, 1.165) is 0 Å². The van der Waals surface area contributed by atoms with Gasteiger partial charge in [-0.15, -0.1) is 6.42 Å². The first-order valence-corrected chi connectivity index (χ1v) is 11.2. The number of rotatable bonds is 6. The van der Waals surface area contributed by atoms with Crippen LogP contribution in [0.1, 0.15) is 23.1 Å². The molecule has 4 rings (SSSR count). The molecule has 0 spiro atoms. The topological polar surface area (TPSA) is 9.23 Å². The average Bonchev–Trinajstić information content (AvgIpc) is 3.18. The van der Waals surface area contributed by atoms with Crippen LogP contribution in [0, 0.1) is 58.9 Å². The number of hydrogen-bond acceptors (Lipinski definition) is 1. The molecule has 0 unspecified atom stereocenters. The Morgan fingerprint density at radius 1 is 0.744 bits per heavy atom. The minimum atomic E-state index is -2.33. The van der Waals surface area contributed by atoms with Crippen molar-refractivity contribution >= 4 is 6.08 Å². The normalized spacial score (nSPS) is 12.9. The summed E-state index contributed by atoms with van der Waals surface area (Å²) in [6.07, 6.45) is 11.6. The van der Waals surface area contributed by atoms with E-state index in [1.165, 1.54) is 48.6 Å². The lowest BCUT2D eigenvalue weighted by molar-refractivity contribution is 0.349. The Hall–Kier alpha value is -4.58. The summed E-state index contributed by atoms with van der Waals surface area (Å²) in [5, 5.41) is 0. The second-order valence-corrected chi connectivity index (χ2v) is 8.27. The predicted octanol–water partition coefficient (Wildman–Crippen LogP) is 8.48. The molecule has 0 aliphatic heterocycles. The second kappa shape index (κ2) is 11.0. The number of hydrogen-bond donors (Lipinski definition) is 0. The summed E-state index contributed by atoms with van der Waals surface area (Å²) in [4.78, 5) is 0. The van der Waals surface area contributed by atoms with Gasteiger partial charge in [-0.3, -0.25) is 0 Å². The highest BCUT2D eigenvalue weighted by Crippen LogP contribution is 2.41. The van der Waals surface area contributed by atoms with Crippen molar-refractivity contribution in [1.82, 2.24) is 0 Å². The van der Waals surface area contributed by atoms with Crippen LogP contribution >= 0.6 is 0 Å². The largest absolute Gasteiger partial charge is 0.451 e. The zero-order chi connectivity index (χ0) is 28.4. The Bertz CT molecular complexity index is 1560. The lowest BCUT2D eigenvalue weighted by Crippen LogP contribution is -2.11. The summed E-state index contributed by atoms with van der Waals surface area (Å²) in [6.45, 7) is 3.55. The molecule has 0 aromatic heterocycles. The monoisotopic (exact) mass is 544 g/mol. The van der Waals surface area contributed by atoms with Crippen molar-refractivity contribution in [3.05, 3.63) is 130 Å². The van der Waals surface area contributed by atoms with Crippen LogP contribution in [0.4, 0.5) is 35.1 Å². The molecule has 9 heteroatoms. The molecule has 0 atom stereocenters. The lowest BCUT2D eigenvalue weighted by Gasteiger charge is -2.16. The van der Waals surface area contributed by atoms with E-state index >= 15 is 0 Å². The third-order valence-corrected chi connectivity index (χ3v) is 5.89. The maximum absolute atomic E-state index is 15.0. The Morgan fingerprint density at radius 3 is 1.79 bits per heavy atom. The van der Waals surface area contributed by atoms with Gasteiger partial charge < -0.3 is 4.74 Å². The van der Waals surface area contributed by atoms with Crippen molar-refractivity contribution in [2.75, 3.05) is 0 Å². The third-order valence-electron chi connectivity index (χ3n) is 5.89. The Labute approximate surface area is 218 Å². The lowest BCUT2D eigenvalue weighted by atomic mass is 9.96. The fraction of sp³-hybridized carbons (Fsp3) is 0.0667. The number of ether oxygens (including phenoxy) is 1. The SMILES string of the molecule is C#CC1=CCC=C(Oc2c(F)c(F)c(-c3c(F)c(F)c(Cc4ccc(C=C)cc4)c(F)c3F)c(F)c2F)C=C1. The van der Waals surface area contributed by atoms with Gasteiger partial charge in [0.2, 0.25) is 17.4 Å². The highest BCUT2D eigenvalue weighted by molar-refractivity contribution is 5.69. The highest BCUT2D eigenvalue weighted by atomic mass is 19.2. The number of terminal acetylenes is 1. The molecule has 198 valence electrons. The van der Waals surface area contributed by atoms with E-state index in [2.05, 4.69) is 12.5 Å². The van der Waals surface area contributed by atoms with Gasteiger partial charge in [0.05, 0.1) is 11.1 Å². The summed E-state index contributed by atoms with van der Waals surface area (Å²) in [6, 6.07) is 5.91. The molecular weight excluding hydrogens is 528 g/mol. The van der Waals surface area contributed by atoms with Crippen LogP contribution in [0.3, 0.4) is 0 Å². The smallest absolute Gasteiger partial charge is 0.205 e. The quantitative estimate of drug-likeness (QED) is 0.172. The molecule has 1 nitrogen and oxygen atoms in total. The van der Waals surface area contributed by atoms with Crippen molar-refractivity contribution in [3.8, 4) is 29.2 Å². The minimum Gasteiger partial charge on any atom is -0.451 e. The van der Waals surface area contributed by atoms with Crippen LogP contribution < -0.4 is 4.74 Å². The van der Waals surface area contributed by atoms with E-state index in [1.807, 2.05) is 0 Å². The summed E-state index contributed by atoms with van der Waals surface area (Å²) >= 11 is 0. The van der Waals surface area contributed by atoms with Crippen LogP contribution in [0.25, 0.3) is 17.2 Å². The summed E-state index contributed by atoms with van der Waals surface area (Å²) < 4.78 is 124. The van der Waals surface area contributed by atoms with Crippen molar-refractivity contribution in [2.24, 2.45) is 0 Å². The number of halogens is 8. The molecule has 3 aromatic carbocycles. The molecule has 3 aromatic rings. The number of allylic oxidation sites excluding steroid dienone is 5. The summed E-state index contributed by atoms with van der Waals surface area (Å²) in [5.74, 6) is -17.0. The second-order valence-electron chi connectivity index (χ2n) is 8.27. The molecule has 0 radical (unpaired) electrons. The zero-order valence-electron chi connectivity index (χ0n) is 19.8. The maximum Gasteiger partial charge on any atom is 0.205 e. The summed E-state index contributed by atoms with van der Waals surface area (Å²) in [5.41, 5.74) is -3.72.